The number of hydrogen-bond acceptors (Lipinski definition) is 5. The Morgan fingerprint density at radius 1 is 1.21 bits per heavy atom. The lowest BCUT2D eigenvalue weighted by molar-refractivity contribution is -0.156. The summed E-state index contributed by atoms with van der Waals surface area (Å²) in [5.74, 6) is -0.136. The molecule has 0 spiro atoms. The number of benzene rings is 2. The normalized spacial score (nSPS) is 18.8. The van der Waals surface area contributed by atoms with E-state index in [0.29, 0.717) is 12.4 Å². The van der Waals surface area contributed by atoms with Crippen LogP contribution in [0.5, 0.6) is 0 Å². The van der Waals surface area contributed by atoms with Crippen molar-refractivity contribution in [3.05, 3.63) is 71.7 Å². The zero-order chi connectivity index (χ0) is 23.8. The maximum Gasteiger partial charge on any atom is 0.309 e. The number of cyclic esters (lactones) is 1. The molecule has 0 radical (unpaired) electrons. The molecule has 8 heteroatoms. The van der Waals surface area contributed by atoms with Crippen LogP contribution in [-0.4, -0.2) is 43.0 Å². The largest absolute Gasteiger partial charge is 0.458 e. The molecule has 0 aliphatic carbocycles. The van der Waals surface area contributed by atoms with Crippen LogP contribution in [0.2, 0.25) is 0 Å². The van der Waals surface area contributed by atoms with Crippen molar-refractivity contribution >= 4 is 23.1 Å². The van der Waals surface area contributed by atoms with Gasteiger partial charge in [-0.25, -0.2) is 9.37 Å². The number of esters is 1. The summed E-state index contributed by atoms with van der Waals surface area (Å²) in [5.41, 5.74) is 4.83. The molecule has 2 atom stereocenters. The van der Waals surface area contributed by atoms with Crippen LogP contribution in [0.15, 0.2) is 54.6 Å². The number of imidazole rings is 1. The van der Waals surface area contributed by atoms with Crippen LogP contribution in [0, 0.1) is 5.82 Å². The molecule has 5 rings (SSSR count). The first-order valence-corrected chi connectivity index (χ1v) is 11.3. The van der Waals surface area contributed by atoms with Gasteiger partial charge in [0.15, 0.2) is 0 Å². The van der Waals surface area contributed by atoms with E-state index in [2.05, 4.69) is 4.98 Å². The summed E-state index contributed by atoms with van der Waals surface area (Å²) in [4.78, 5) is 19.8. The van der Waals surface area contributed by atoms with Crippen molar-refractivity contribution < 1.29 is 19.0 Å². The van der Waals surface area contributed by atoms with Crippen LogP contribution in [0.4, 0.5) is 4.39 Å². The van der Waals surface area contributed by atoms with E-state index in [9.17, 15) is 14.3 Å². The van der Waals surface area contributed by atoms with Crippen molar-refractivity contribution in [2.75, 3.05) is 0 Å². The van der Waals surface area contributed by atoms with Gasteiger partial charge < -0.3 is 14.8 Å². The molecule has 34 heavy (non-hydrogen) atoms. The highest BCUT2D eigenvalue weighted by Crippen LogP contribution is 2.34. The first kappa shape index (κ1) is 22.0. The first-order chi connectivity index (χ1) is 16.4. The number of hydrogen-bond donors (Lipinski definition) is 2. The quantitative estimate of drug-likeness (QED) is 0.419. The van der Waals surface area contributed by atoms with Gasteiger partial charge in [-0.05, 0) is 48.4 Å². The van der Waals surface area contributed by atoms with Crippen LogP contribution in [-0.2, 0) is 9.53 Å². The molecule has 2 unspecified atom stereocenters. The van der Waals surface area contributed by atoms with Crippen LogP contribution in [0.25, 0.3) is 34.3 Å². The van der Waals surface area contributed by atoms with E-state index in [1.165, 1.54) is 12.1 Å². The van der Waals surface area contributed by atoms with Gasteiger partial charge in [0.2, 0.25) is 5.95 Å². The van der Waals surface area contributed by atoms with Crippen molar-refractivity contribution in [1.82, 2.24) is 19.7 Å². The number of nitrogens with one attached hydrogen (secondary N) is 1. The Kier molecular flexibility index (Phi) is 5.75. The van der Waals surface area contributed by atoms with Gasteiger partial charge in [-0.3, -0.25) is 4.79 Å². The summed E-state index contributed by atoms with van der Waals surface area (Å²) in [6.45, 7) is 4.09. The number of fused-ring (bicyclic) bond motifs is 1. The van der Waals surface area contributed by atoms with E-state index in [-0.39, 0.29) is 18.2 Å². The second kappa shape index (κ2) is 8.87. The molecule has 2 aromatic carbocycles. The molecular formula is C26H25FN4O3. The van der Waals surface area contributed by atoms with Crippen molar-refractivity contribution in [2.45, 2.75) is 44.8 Å². The molecule has 1 aliphatic heterocycles. The van der Waals surface area contributed by atoms with Crippen LogP contribution in [0.1, 0.15) is 43.9 Å². The maximum absolute atomic E-state index is 13.7. The second-order valence-electron chi connectivity index (χ2n) is 8.78. The number of rotatable bonds is 5. The number of para-hydroxylation sites is 2. The molecule has 0 amide bonds. The topological polar surface area (TPSA) is 93.0 Å². The maximum atomic E-state index is 13.7. The predicted octanol–water partition coefficient (Wildman–Crippen LogP) is 4.76. The Hall–Kier alpha value is -3.78. The molecule has 0 bridgehead atoms. The molecule has 2 aromatic heterocycles. The Balaban J connectivity index is 1.68. The number of nitrogens with zero attached hydrogens (tertiary/aromatic N) is 3. The van der Waals surface area contributed by atoms with E-state index in [1.807, 2.05) is 44.2 Å². The third-order valence-electron chi connectivity index (χ3n) is 5.86. The molecule has 3 heterocycles. The smallest absolute Gasteiger partial charge is 0.309 e. The Morgan fingerprint density at radius 3 is 2.68 bits per heavy atom. The fourth-order valence-electron chi connectivity index (χ4n) is 4.25. The minimum atomic E-state index is -0.727. The van der Waals surface area contributed by atoms with Gasteiger partial charge in [0.1, 0.15) is 11.9 Å². The van der Waals surface area contributed by atoms with Crippen LogP contribution < -0.4 is 0 Å². The molecule has 1 saturated heterocycles. The lowest BCUT2D eigenvalue weighted by Crippen LogP contribution is -2.31. The minimum absolute atomic E-state index is 0.00635. The average Bonchev–Trinajstić information content (AvgIpc) is 3.39. The number of halogens is 1. The Bertz CT molecular complexity index is 1340. The van der Waals surface area contributed by atoms with E-state index in [1.54, 1.807) is 22.9 Å². The summed E-state index contributed by atoms with van der Waals surface area (Å²) in [6, 6.07) is 13.9. The number of ether oxygens (including phenoxy) is 1. The lowest BCUT2D eigenvalue weighted by Gasteiger charge is -2.23. The van der Waals surface area contributed by atoms with Crippen molar-refractivity contribution in [3.8, 4) is 17.2 Å². The number of carbonyl (C=O) groups excluding carboxylic acids is 1. The fourth-order valence-corrected chi connectivity index (χ4v) is 4.25. The van der Waals surface area contributed by atoms with Gasteiger partial charge in [0, 0.05) is 17.5 Å². The first-order valence-electron chi connectivity index (χ1n) is 11.3. The van der Waals surface area contributed by atoms with Gasteiger partial charge in [-0.1, -0.05) is 32.1 Å². The van der Waals surface area contributed by atoms with Crippen LogP contribution >= 0.6 is 0 Å². The third-order valence-corrected chi connectivity index (χ3v) is 5.86. The zero-order valence-corrected chi connectivity index (χ0v) is 18.9. The van der Waals surface area contributed by atoms with Crippen molar-refractivity contribution in [2.24, 2.45) is 0 Å². The standard InChI is InChI=1S/C26H25FN4O3/c1-15(2)24-20(12-11-19-13-18(32)14-23(33)34-19)25(16-7-9-17(27)10-8-16)31(30-24)26-28-21-5-3-4-6-22(21)29-26/h3-12,15,18-19,32H,13-14H2,1-2H3,(H,28,29)/b12-11+. The zero-order valence-electron chi connectivity index (χ0n) is 18.9. The third kappa shape index (κ3) is 4.24. The molecule has 2 N–H and O–H groups in total. The van der Waals surface area contributed by atoms with E-state index < -0.39 is 18.2 Å². The minimum Gasteiger partial charge on any atom is -0.458 e. The molecule has 174 valence electrons. The van der Waals surface area contributed by atoms with Crippen molar-refractivity contribution in [1.29, 1.82) is 0 Å². The number of aromatic amines is 1. The molecule has 7 nitrogen and oxygen atoms in total. The highest BCUT2D eigenvalue weighted by atomic mass is 19.1. The van der Waals surface area contributed by atoms with Gasteiger partial charge in [-0.2, -0.15) is 9.78 Å². The molecule has 4 aromatic rings. The number of aromatic nitrogens is 4. The summed E-state index contributed by atoms with van der Waals surface area (Å²) >= 11 is 0. The monoisotopic (exact) mass is 460 g/mol. The number of aliphatic hydroxyl groups is 1. The van der Waals surface area contributed by atoms with Gasteiger partial charge in [0.05, 0.1) is 34.9 Å². The summed E-state index contributed by atoms with van der Waals surface area (Å²) < 4.78 is 20.9. The van der Waals surface area contributed by atoms with E-state index in [4.69, 9.17) is 14.8 Å². The SMILES string of the molecule is CC(C)c1nn(-c2nc3ccccc3[nH]2)c(-c2ccc(F)cc2)c1/C=C/C1CC(O)CC(=O)O1. The highest BCUT2D eigenvalue weighted by Gasteiger charge is 2.27. The molecular weight excluding hydrogens is 435 g/mol. The van der Waals surface area contributed by atoms with Crippen molar-refractivity contribution in [3.63, 3.8) is 0 Å². The van der Waals surface area contributed by atoms with E-state index >= 15 is 0 Å². The van der Waals surface area contributed by atoms with Crippen LogP contribution in [0.3, 0.4) is 0 Å². The van der Waals surface area contributed by atoms with Gasteiger partial charge in [0.25, 0.3) is 0 Å². The van der Waals surface area contributed by atoms with Gasteiger partial charge >= 0.3 is 5.97 Å². The molecule has 1 fully saturated rings. The summed E-state index contributed by atoms with van der Waals surface area (Å²) in [7, 11) is 0. The lowest BCUT2D eigenvalue weighted by atomic mass is 9.98. The fraction of sp³-hybridized carbons (Fsp3) is 0.269. The highest BCUT2D eigenvalue weighted by molar-refractivity contribution is 5.79. The number of H-pyrrole nitrogens is 1. The summed E-state index contributed by atoms with van der Waals surface area (Å²) in [6.07, 6.45) is 2.73. The predicted molar refractivity (Wildman–Crippen MR) is 127 cm³/mol. The Labute approximate surface area is 195 Å². The second-order valence-corrected chi connectivity index (χ2v) is 8.78. The van der Waals surface area contributed by atoms with E-state index in [0.717, 1.165) is 33.5 Å². The van der Waals surface area contributed by atoms with Gasteiger partial charge in [-0.15, -0.1) is 0 Å². The number of aliphatic hydroxyl groups excluding tert-OH is 1. The molecule has 1 aliphatic rings. The Morgan fingerprint density at radius 2 is 1.97 bits per heavy atom. The molecule has 0 saturated carbocycles. The summed E-state index contributed by atoms with van der Waals surface area (Å²) in [5, 5.41) is 14.9. The average molecular weight is 461 g/mol. The number of carbonyl (C=O) groups is 1.